The van der Waals surface area contributed by atoms with Crippen LogP contribution in [0.3, 0.4) is 0 Å². The van der Waals surface area contributed by atoms with Gasteiger partial charge < -0.3 is 10.7 Å². The lowest BCUT2D eigenvalue weighted by Crippen LogP contribution is -2.01. The molecule has 2 aromatic heterocycles. The van der Waals surface area contributed by atoms with Crippen molar-refractivity contribution in [3.8, 4) is 11.1 Å². The van der Waals surface area contributed by atoms with Crippen molar-refractivity contribution in [3.05, 3.63) is 47.0 Å². The minimum Gasteiger partial charge on any atom is -0.384 e. The molecule has 0 saturated carbocycles. The van der Waals surface area contributed by atoms with E-state index in [1.807, 2.05) is 33.0 Å². The molecular formula is C17H18FN3. The molecule has 0 amide bonds. The topological polar surface area (TPSA) is 54.7 Å². The quantitative estimate of drug-likeness (QED) is 0.743. The molecule has 4 heteroatoms. The Balaban J connectivity index is 2.40. The number of aromatic amines is 1. The number of nitrogens with two attached hydrogens (primary N) is 1. The van der Waals surface area contributed by atoms with E-state index in [0.717, 1.165) is 45.3 Å². The second-order valence-corrected chi connectivity index (χ2v) is 5.39. The second-order valence-electron chi connectivity index (χ2n) is 5.39. The Kier molecular flexibility index (Phi) is 3.16. The molecule has 0 aliphatic heterocycles. The number of H-pyrrole nitrogens is 1. The second kappa shape index (κ2) is 4.88. The summed E-state index contributed by atoms with van der Waals surface area (Å²) >= 11 is 0. The number of benzene rings is 1. The van der Waals surface area contributed by atoms with Crippen LogP contribution in [-0.2, 0) is 6.42 Å². The SMILES string of the molecule is CCc1nc(N)cc(C)c1-c1cc(F)cc2c(C)c[nH]c12. The van der Waals surface area contributed by atoms with E-state index in [-0.39, 0.29) is 5.82 Å². The van der Waals surface area contributed by atoms with Crippen molar-refractivity contribution in [1.82, 2.24) is 9.97 Å². The Bertz CT molecular complexity index is 834. The smallest absolute Gasteiger partial charge is 0.124 e. The maximum atomic E-state index is 14.0. The van der Waals surface area contributed by atoms with Gasteiger partial charge in [0.2, 0.25) is 0 Å². The van der Waals surface area contributed by atoms with Gasteiger partial charge in [-0.15, -0.1) is 0 Å². The molecule has 108 valence electrons. The van der Waals surface area contributed by atoms with Crippen LogP contribution in [0.25, 0.3) is 22.0 Å². The molecule has 0 fully saturated rings. The number of nitrogens with one attached hydrogen (secondary N) is 1. The van der Waals surface area contributed by atoms with E-state index in [9.17, 15) is 4.39 Å². The Hall–Kier alpha value is -2.36. The number of aromatic nitrogens is 2. The maximum Gasteiger partial charge on any atom is 0.124 e. The summed E-state index contributed by atoms with van der Waals surface area (Å²) in [4.78, 5) is 7.66. The van der Waals surface area contributed by atoms with E-state index in [1.54, 1.807) is 12.1 Å². The third-order valence-corrected chi connectivity index (χ3v) is 3.88. The van der Waals surface area contributed by atoms with Gasteiger partial charge >= 0.3 is 0 Å². The van der Waals surface area contributed by atoms with E-state index in [0.29, 0.717) is 5.82 Å². The average Bonchev–Trinajstić information content (AvgIpc) is 2.79. The fourth-order valence-corrected chi connectivity index (χ4v) is 2.92. The molecule has 0 atom stereocenters. The molecule has 3 N–H and O–H groups in total. The van der Waals surface area contributed by atoms with Gasteiger partial charge in [-0.3, -0.25) is 0 Å². The van der Waals surface area contributed by atoms with E-state index < -0.39 is 0 Å². The van der Waals surface area contributed by atoms with Gasteiger partial charge in [-0.25, -0.2) is 9.37 Å². The van der Waals surface area contributed by atoms with Crippen LogP contribution in [0.1, 0.15) is 23.7 Å². The third-order valence-electron chi connectivity index (χ3n) is 3.88. The van der Waals surface area contributed by atoms with E-state index in [2.05, 4.69) is 9.97 Å². The standard InChI is InChI=1S/C17H18FN3/c1-4-14-16(9(2)5-15(19)21-14)13-7-11(18)6-12-10(3)8-20-17(12)13/h5-8,20H,4H2,1-3H3,(H2,19,21). The van der Waals surface area contributed by atoms with Crippen LogP contribution in [0, 0.1) is 19.7 Å². The first-order chi connectivity index (χ1) is 10.0. The average molecular weight is 283 g/mol. The molecular weight excluding hydrogens is 265 g/mol. The van der Waals surface area contributed by atoms with Crippen molar-refractivity contribution in [2.45, 2.75) is 27.2 Å². The summed E-state index contributed by atoms with van der Waals surface area (Å²) in [6, 6.07) is 4.97. The van der Waals surface area contributed by atoms with Crippen molar-refractivity contribution in [3.63, 3.8) is 0 Å². The number of pyridine rings is 1. The van der Waals surface area contributed by atoms with Crippen LogP contribution in [0.4, 0.5) is 10.2 Å². The normalized spacial score (nSPS) is 11.2. The number of hydrogen-bond acceptors (Lipinski definition) is 2. The van der Waals surface area contributed by atoms with Gasteiger partial charge in [0.05, 0.1) is 11.2 Å². The number of hydrogen-bond donors (Lipinski definition) is 2. The van der Waals surface area contributed by atoms with Crippen LogP contribution in [0.15, 0.2) is 24.4 Å². The van der Waals surface area contributed by atoms with Gasteiger partial charge in [0.1, 0.15) is 11.6 Å². The van der Waals surface area contributed by atoms with Gasteiger partial charge in [-0.2, -0.15) is 0 Å². The lowest BCUT2D eigenvalue weighted by Gasteiger charge is -2.13. The molecule has 3 nitrogen and oxygen atoms in total. The predicted octanol–water partition coefficient (Wildman–Crippen LogP) is 4.13. The first-order valence-corrected chi connectivity index (χ1v) is 7.04. The van der Waals surface area contributed by atoms with Crippen LogP contribution in [-0.4, -0.2) is 9.97 Å². The fourth-order valence-electron chi connectivity index (χ4n) is 2.92. The Labute approximate surface area is 123 Å². The molecule has 3 rings (SSSR count). The summed E-state index contributed by atoms with van der Waals surface area (Å²) < 4.78 is 14.0. The Morgan fingerprint density at radius 2 is 1.95 bits per heavy atom. The molecule has 0 radical (unpaired) electrons. The van der Waals surface area contributed by atoms with Crippen LogP contribution in [0.2, 0.25) is 0 Å². The number of nitrogen functional groups attached to an aromatic ring is 1. The first-order valence-electron chi connectivity index (χ1n) is 7.04. The summed E-state index contributed by atoms with van der Waals surface area (Å²) in [5.74, 6) is 0.266. The third kappa shape index (κ3) is 2.17. The predicted molar refractivity (Wildman–Crippen MR) is 84.8 cm³/mol. The number of anilines is 1. The zero-order chi connectivity index (χ0) is 15.1. The van der Waals surface area contributed by atoms with Crippen molar-refractivity contribution >= 4 is 16.7 Å². The Morgan fingerprint density at radius 3 is 2.67 bits per heavy atom. The highest BCUT2D eigenvalue weighted by atomic mass is 19.1. The summed E-state index contributed by atoms with van der Waals surface area (Å²) in [6.07, 6.45) is 2.65. The van der Waals surface area contributed by atoms with Crippen molar-refractivity contribution in [2.24, 2.45) is 0 Å². The van der Waals surface area contributed by atoms with E-state index >= 15 is 0 Å². The molecule has 3 aromatic rings. The molecule has 0 bridgehead atoms. The van der Waals surface area contributed by atoms with E-state index in [4.69, 9.17) is 5.73 Å². The maximum absolute atomic E-state index is 14.0. The minimum absolute atomic E-state index is 0.238. The number of halogens is 1. The fraction of sp³-hybridized carbons (Fsp3) is 0.235. The monoisotopic (exact) mass is 283 g/mol. The van der Waals surface area contributed by atoms with Crippen LogP contribution < -0.4 is 5.73 Å². The molecule has 0 aliphatic rings. The lowest BCUT2D eigenvalue weighted by molar-refractivity contribution is 0.630. The van der Waals surface area contributed by atoms with Gasteiger partial charge in [-0.1, -0.05) is 6.92 Å². The summed E-state index contributed by atoms with van der Waals surface area (Å²) in [6.45, 7) is 5.98. The van der Waals surface area contributed by atoms with Crippen molar-refractivity contribution in [2.75, 3.05) is 5.73 Å². The molecule has 21 heavy (non-hydrogen) atoms. The van der Waals surface area contributed by atoms with Gasteiger partial charge in [0, 0.05) is 22.7 Å². The summed E-state index contributed by atoms with van der Waals surface area (Å²) in [5.41, 5.74) is 11.5. The van der Waals surface area contributed by atoms with Gasteiger partial charge in [-0.05, 0) is 49.6 Å². The number of aryl methyl sites for hydroxylation is 3. The number of rotatable bonds is 2. The van der Waals surface area contributed by atoms with Crippen LogP contribution >= 0.6 is 0 Å². The molecule has 0 unspecified atom stereocenters. The molecule has 1 aromatic carbocycles. The van der Waals surface area contributed by atoms with Gasteiger partial charge in [0.25, 0.3) is 0 Å². The van der Waals surface area contributed by atoms with E-state index in [1.165, 1.54) is 0 Å². The van der Waals surface area contributed by atoms with Crippen LogP contribution in [0.5, 0.6) is 0 Å². The summed E-state index contributed by atoms with van der Waals surface area (Å²) in [7, 11) is 0. The highest BCUT2D eigenvalue weighted by molar-refractivity contribution is 5.97. The van der Waals surface area contributed by atoms with Gasteiger partial charge in [0.15, 0.2) is 0 Å². The molecule has 0 saturated heterocycles. The molecule has 0 spiro atoms. The number of fused-ring (bicyclic) bond motifs is 1. The first kappa shape index (κ1) is 13.6. The molecule has 0 aliphatic carbocycles. The summed E-state index contributed by atoms with van der Waals surface area (Å²) in [5, 5.41) is 0.906. The molecule has 2 heterocycles. The zero-order valence-electron chi connectivity index (χ0n) is 12.4. The Morgan fingerprint density at radius 1 is 1.19 bits per heavy atom. The zero-order valence-corrected chi connectivity index (χ0v) is 12.4. The van der Waals surface area contributed by atoms with Crippen molar-refractivity contribution < 1.29 is 4.39 Å². The highest BCUT2D eigenvalue weighted by Crippen LogP contribution is 2.35. The largest absolute Gasteiger partial charge is 0.384 e. The lowest BCUT2D eigenvalue weighted by atomic mass is 9.95. The van der Waals surface area contributed by atoms with Crippen molar-refractivity contribution in [1.29, 1.82) is 0 Å². The number of nitrogens with zero attached hydrogens (tertiary/aromatic N) is 1. The highest BCUT2D eigenvalue weighted by Gasteiger charge is 2.16. The minimum atomic E-state index is -0.238.